The normalized spacial score (nSPS) is 10.6. The van der Waals surface area contributed by atoms with Crippen molar-refractivity contribution in [1.82, 2.24) is 20.2 Å². The smallest absolute Gasteiger partial charge is 0.163 e. The number of hydrogen-bond donors (Lipinski definition) is 0. The maximum atomic E-state index is 4.39. The molecule has 3 aromatic rings. The zero-order chi connectivity index (χ0) is 13.6. The number of nitrogens with zero attached hydrogens (tertiary/aromatic N) is 4. The van der Waals surface area contributed by atoms with Gasteiger partial charge in [0.15, 0.2) is 0 Å². The maximum Gasteiger partial charge on any atom is 0.204 e. The number of rotatable bonds is 5. The summed E-state index contributed by atoms with van der Waals surface area (Å²) in [6, 6.07) is 20.2. The summed E-state index contributed by atoms with van der Waals surface area (Å²) in [5, 5.41) is 12.6. The average molecular weight is 282 g/mol. The fourth-order valence-corrected chi connectivity index (χ4v) is 2.64. The Morgan fingerprint density at radius 1 is 0.900 bits per heavy atom. The highest BCUT2D eigenvalue weighted by atomic mass is 32.2. The molecule has 0 aliphatic rings. The van der Waals surface area contributed by atoms with E-state index >= 15 is 0 Å². The van der Waals surface area contributed by atoms with Crippen LogP contribution in [0.15, 0.2) is 65.6 Å². The van der Waals surface area contributed by atoms with Gasteiger partial charge >= 0.3 is 0 Å². The highest BCUT2D eigenvalue weighted by Crippen LogP contribution is 2.17. The van der Waals surface area contributed by atoms with Gasteiger partial charge in [0.25, 0.3) is 0 Å². The van der Waals surface area contributed by atoms with E-state index in [4.69, 9.17) is 0 Å². The largest absolute Gasteiger partial charge is 0.204 e. The molecule has 5 heteroatoms. The van der Waals surface area contributed by atoms with Crippen LogP contribution in [0.25, 0.3) is 11.4 Å². The second-order valence-electron chi connectivity index (χ2n) is 4.24. The second kappa shape index (κ2) is 6.34. The zero-order valence-electron chi connectivity index (χ0n) is 10.9. The van der Waals surface area contributed by atoms with Gasteiger partial charge in [-0.15, -0.1) is 22.0 Å². The lowest BCUT2D eigenvalue weighted by Crippen LogP contribution is -2.04. The van der Waals surface area contributed by atoms with Gasteiger partial charge in [0.1, 0.15) is 0 Å². The quantitative estimate of drug-likeness (QED) is 0.674. The molecule has 1 aromatic heterocycles. The predicted molar refractivity (Wildman–Crippen MR) is 80.4 cm³/mol. The summed E-state index contributed by atoms with van der Waals surface area (Å²) in [5.74, 6) is 1.60. The molecule has 0 radical (unpaired) electrons. The minimum absolute atomic E-state index is 0.676. The van der Waals surface area contributed by atoms with Gasteiger partial charge in [-0.2, -0.15) is 4.80 Å². The molecule has 0 saturated carbocycles. The number of aryl methyl sites for hydroxylation is 1. The van der Waals surface area contributed by atoms with Crippen LogP contribution in [0.2, 0.25) is 0 Å². The summed E-state index contributed by atoms with van der Waals surface area (Å²) in [5.41, 5.74) is 0.995. The van der Waals surface area contributed by atoms with Crippen molar-refractivity contribution in [3.8, 4) is 11.4 Å². The van der Waals surface area contributed by atoms with Crippen LogP contribution < -0.4 is 0 Å². The first-order valence-electron chi connectivity index (χ1n) is 6.43. The molecule has 0 bridgehead atoms. The summed E-state index contributed by atoms with van der Waals surface area (Å²) in [4.78, 5) is 2.91. The van der Waals surface area contributed by atoms with E-state index in [1.54, 1.807) is 16.6 Å². The lowest BCUT2D eigenvalue weighted by molar-refractivity contribution is 0.557. The van der Waals surface area contributed by atoms with Crippen molar-refractivity contribution < 1.29 is 0 Å². The van der Waals surface area contributed by atoms with Gasteiger partial charge in [-0.05, 0) is 17.3 Å². The van der Waals surface area contributed by atoms with E-state index in [-0.39, 0.29) is 0 Å². The van der Waals surface area contributed by atoms with E-state index in [1.807, 2.05) is 48.5 Å². The number of tetrazole rings is 1. The molecular formula is C15H14N4S. The van der Waals surface area contributed by atoms with Crippen molar-refractivity contribution in [2.24, 2.45) is 0 Å². The van der Waals surface area contributed by atoms with E-state index in [2.05, 4.69) is 27.5 Å². The van der Waals surface area contributed by atoms with Crippen LogP contribution in [0.4, 0.5) is 0 Å². The van der Waals surface area contributed by atoms with Crippen LogP contribution in [0.1, 0.15) is 0 Å². The number of hydrogen-bond acceptors (Lipinski definition) is 4. The topological polar surface area (TPSA) is 43.6 Å². The van der Waals surface area contributed by atoms with Gasteiger partial charge in [0.2, 0.25) is 5.82 Å². The highest BCUT2D eigenvalue weighted by Gasteiger charge is 2.04. The number of aromatic nitrogens is 4. The third kappa shape index (κ3) is 3.24. The Hall–Kier alpha value is -2.14. The average Bonchev–Trinajstić information content (AvgIpc) is 2.98. The molecule has 1 heterocycles. The minimum Gasteiger partial charge on any atom is -0.163 e. The van der Waals surface area contributed by atoms with Crippen molar-refractivity contribution in [2.45, 2.75) is 11.4 Å². The molecule has 0 aliphatic carbocycles. The first-order chi connectivity index (χ1) is 9.92. The van der Waals surface area contributed by atoms with Crippen molar-refractivity contribution >= 4 is 11.8 Å². The molecule has 0 N–H and O–H groups in total. The van der Waals surface area contributed by atoms with Crippen LogP contribution in [0.5, 0.6) is 0 Å². The van der Waals surface area contributed by atoms with Crippen molar-refractivity contribution in [3.05, 3.63) is 60.7 Å². The molecule has 0 aliphatic heterocycles. The van der Waals surface area contributed by atoms with E-state index in [0.29, 0.717) is 5.82 Å². The zero-order valence-corrected chi connectivity index (χ0v) is 11.7. The third-order valence-corrected chi connectivity index (χ3v) is 3.78. The standard InChI is InChI=1S/C15H14N4S/c1-3-7-13(8-4-1)15-16-18-19(17-15)11-12-20-14-9-5-2-6-10-14/h1-10H,11-12H2. The predicted octanol–water partition coefficient (Wildman–Crippen LogP) is 3.13. The Labute approximate surface area is 121 Å². The third-order valence-electron chi connectivity index (χ3n) is 2.79. The Kier molecular flexibility index (Phi) is 4.08. The fourth-order valence-electron chi connectivity index (χ4n) is 1.80. The van der Waals surface area contributed by atoms with Gasteiger partial charge in [-0.25, -0.2) is 0 Å². The lowest BCUT2D eigenvalue weighted by Gasteiger charge is -2.00. The molecule has 0 amide bonds. The van der Waals surface area contributed by atoms with Gasteiger partial charge in [-0.3, -0.25) is 0 Å². The molecule has 0 atom stereocenters. The van der Waals surface area contributed by atoms with Gasteiger partial charge < -0.3 is 0 Å². The molecule has 0 spiro atoms. The molecule has 0 fully saturated rings. The molecule has 3 rings (SSSR count). The maximum absolute atomic E-state index is 4.39. The first-order valence-corrected chi connectivity index (χ1v) is 7.41. The molecule has 20 heavy (non-hydrogen) atoms. The Morgan fingerprint density at radius 3 is 2.35 bits per heavy atom. The van der Waals surface area contributed by atoms with Crippen LogP contribution >= 0.6 is 11.8 Å². The van der Waals surface area contributed by atoms with Gasteiger partial charge in [0.05, 0.1) is 6.54 Å². The molecule has 100 valence electrons. The lowest BCUT2D eigenvalue weighted by atomic mass is 10.2. The SMILES string of the molecule is c1ccc(SCCn2nnc(-c3ccccc3)n2)cc1. The first kappa shape index (κ1) is 12.9. The van der Waals surface area contributed by atoms with Crippen molar-refractivity contribution in [3.63, 3.8) is 0 Å². The highest BCUT2D eigenvalue weighted by molar-refractivity contribution is 7.99. The Bertz CT molecular complexity index is 652. The van der Waals surface area contributed by atoms with E-state index < -0.39 is 0 Å². The van der Waals surface area contributed by atoms with Crippen LogP contribution in [0, 0.1) is 0 Å². The van der Waals surface area contributed by atoms with Gasteiger partial charge in [-0.1, -0.05) is 48.5 Å². The van der Waals surface area contributed by atoms with E-state index in [9.17, 15) is 0 Å². The molecule has 0 unspecified atom stereocenters. The number of benzene rings is 2. The minimum atomic E-state index is 0.676. The number of thioether (sulfide) groups is 1. The van der Waals surface area contributed by atoms with E-state index in [1.165, 1.54) is 4.90 Å². The molecule has 0 saturated heterocycles. The summed E-state index contributed by atoms with van der Waals surface area (Å²) in [6.07, 6.45) is 0. The summed E-state index contributed by atoms with van der Waals surface area (Å²) in [6.45, 7) is 0.749. The summed E-state index contributed by atoms with van der Waals surface area (Å²) in [7, 11) is 0. The summed E-state index contributed by atoms with van der Waals surface area (Å²) >= 11 is 1.79. The molecule has 2 aromatic carbocycles. The van der Waals surface area contributed by atoms with Crippen LogP contribution in [-0.2, 0) is 6.54 Å². The molecule has 4 nitrogen and oxygen atoms in total. The monoisotopic (exact) mass is 282 g/mol. The Balaban J connectivity index is 1.58. The fraction of sp³-hybridized carbons (Fsp3) is 0.133. The molecular weight excluding hydrogens is 268 g/mol. The second-order valence-corrected chi connectivity index (χ2v) is 5.40. The Morgan fingerprint density at radius 2 is 1.60 bits per heavy atom. The van der Waals surface area contributed by atoms with E-state index in [0.717, 1.165) is 17.9 Å². The van der Waals surface area contributed by atoms with Crippen molar-refractivity contribution in [2.75, 3.05) is 5.75 Å². The van der Waals surface area contributed by atoms with Crippen LogP contribution in [0.3, 0.4) is 0 Å². The van der Waals surface area contributed by atoms with Crippen molar-refractivity contribution in [1.29, 1.82) is 0 Å². The van der Waals surface area contributed by atoms with Crippen LogP contribution in [-0.4, -0.2) is 26.0 Å². The van der Waals surface area contributed by atoms with Gasteiger partial charge in [0, 0.05) is 16.2 Å². The summed E-state index contributed by atoms with van der Waals surface area (Å²) < 4.78 is 0.